The van der Waals surface area contributed by atoms with Gasteiger partial charge in [0, 0.05) is 18.4 Å². The normalized spacial score (nSPS) is 26.3. The molecule has 3 heteroatoms. The average molecular weight is 263 g/mol. The van der Waals surface area contributed by atoms with E-state index in [4.69, 9.17) is 0 Å². The van der Waals surface area contributed by atoms with E-state index in [1.807, 2.05) is 12.4 Å². The van der Waals surface area contributed by atoms with Crippen molar-refractivity contribution in [2.24, 2.45) is 11.8 Å². The largest absolute Gasteiger partial charge is 0.347 e. The van der Waals surface area contributed by atoms with Crippen molar-refractivity contribution in [2.45, 2.75) is 71.4 Å². The van der Waals surface area contributed by atoms with Gasteiger partial charge in [-0.05, 0) is 37.5 Å². The summed E-state index contributed by atoms with van der Waals surface area (Å²) in [4.78, 5) is 7.65. The summed E-state index contributed by atoms with van der Waals surface area (Å²) in [6, 6.07) is 1.05. The monoisotopic (exact) mass is 263 g/mol. The molecule has 3 atom stereocenters. The quantitative estimate of drug-likeness (QED) is 0.787. The fraction of sp³-hybridized carbons (Fsp3) is 0.812. The van der Waals surface area contributed by atoms with Crippen LogP contribution in [0.15, 0.2) is 12.4 Å². The minimum Gasteiger partial charge on any atom is -0.347 e. The lowest BCUT2D eigenvalue weighted by molar-refractivity contribution is 0.331. The van der Waals surface area contributed by atoms with Gasteiger partial charge in [-0.2, -0.15) is 0 Å². The SMILES string of the molecule is CCC(NC1CCCC(C(C)C)CC1)c1ncc[nH]1. The van der Waals surface area contributed by atoms with Crippen LogP contribution in [0.3, 0.4) is 0 Å². The zero-order valence-electron chi connectivity index (χ0n) is 12.7. The fourth-order valence-corrected chi connectivity index (χ4v) is 3.31. The molecule has 2 N–H and O–H groups in total. The Morgan fingerprint density at radius 2 is 2.16 bits per heavy atom. The molecule has 0 saturated heterocycles. The number of nitrogens with one attached hydrogen (secondary N) is 2. The molecule has 0 radical (unpaired) electrons. The molecule has 1 saturated carbocycles. The van der Waals surface area contributed by atoms with Gasteiger partial charge in [-0.25, -0.2) is 4.98 Å². The van der Waals surface area contributed by atoms with Crippen LogP contribution in [0.5, 0.6) is 0 Å². The van der Waals surface area contributed by atoms with E-state index in [9.17, 15) is 0 Å². The standard InChI is InChI=1S/C16H29N3/c1-4-15(16-17-10-11-18-16)19-14-7-5-6-13(8-9-14)12(2)3/h10-15,19H,4-9H2,1-3H3,(H,17,18). The molecule has 1 aliphatic carbocycles. The first-order valence-corrected chi connectivity index (χ1v) is 7.96. The summed E-state index contributed by atoms with van der Waals surface area (Å²) in [5.41, 5.74) is 0. The van der Waals surface area contributed by atoms with Gasteiger partial charge >= 0.3 is 0 Å². The second kappa shape index (κ2) is 7.09. The molecule has 0 bridgehead atoms. The van der Waals surface area contributed by atoms with Crippen LogP contribution >= 0.6 is 0 Å². The maximum Gasteiger partial charge on any atom is 0.123 e. The Balaban J connectivity index is 1.88. The molecule has 0 aliphatic heterocycles. The number of imidazole rings is 1. The molecule has 19 heavy (non-hydrogen) atoms. The number of aromatic amines is 1. The number of nitrogens with zero attached hydrogens (tertiary/aromatic N) is 1. The van der Waals surface area contributed by atoms with Crippen molar-refractivity contribution >= 4 is 0 Å². The number of hydrogen-bond donors (Lipinski definition) is 2. The maximum absolute atomic E-state index is 4.40. The van der Waals surface area contributed by atoms with E-state index in [1.54, 1.807) is 0 Å². The van der Waals surface area contributed by atoms with E-state index < -0.39 is 0 Å². The molecule has 1 aromatic rings. The summed E-state index contributed by atoms with van der Waals surface area (Å²) in [6.07, 6.45) is 11.7. The van der Waals surface area contributed by atoms with E-state index in [-0.39, 0.29) is 0 Å². The highest BCUT2D eigenvalue weighted by molar-refractivity contribution is 4.96. The lowest BCUT2D eigenvalue weighted by Gasteiger charge is -2.23. The molecule has 1 aliphatic rings. The van der Waals surface area contributed by atoms with Crippen LogP contribution in [0, 0.1) is 11.8 Å². The Labute approximate surface area is 117 Å². The minimum absolute atomic E-state index is 0.385. The number of H-pyrrole nitrogens is 1. The van der Waals surface area contributed by atoms with Crippen molar-refractivity contribution in [3.8, 4) is 0 Å². The smallest absolute Gasteiger partial charge is 0.123 e. The third kappa shape index (κ3) is 4.07. The van der Waals surface area contributed by atoms with E-state index in [1.165, 1.54) is 32.1 Å². The van der Waals surface area contributed by atoms with Crippen LogP contribution in [-0.2, 0) is 0 Å². The van der Waals surface area contributed by atoms with Crippen LogP contribution in [0.1, 0.15) is 71.2 Å². The molecule has 3 nitrogen and oxygen atoms in total. The van der Waals surface area contributed by atoms with E-state index in [0.29, 0.717) is 12.1 Å². The molecule has 2 rings (SSSR count). The summed E-state index contributed by atoms with van der Waals surface area (Å²) in [6.45, 7) is 6.97. The Morgan fingerprint density at radius 1 is 1.32 bits per heavy atom. The van der Waals surface area contributed by atoms with E-state index in [2.05, 4.69) is 36.1 Å². The molecule has 0 aromatic carbocycles. The highest BCUT2D eigenvalue weighted by Gasteiger charge is 2.23. The first kappa shape index (κ1) is 14.6. The summed E-state index contributed by atoms with van der Waals surface area (Å²) in [5.74, 6) is 2.86. The first-order chi connectivity index (χ1) is 9.20. The molecule has 1 fully saturated rings. The topological polar surface area (TPSA) is 40.7 Å². The first-order valence-electron chi connectivity index (χ1n) is 7.96. The van der Waals surface area contributed by atoms with Gasteiger partial charge < -0.3 is 10.3 Å². The predicted molar refractivity (Wildman–Crippen MR) is 80.0 cm³/mol. The highest BCUT2D eigenvalue weighted by Crippen LogP contribution is 2.29. The van der Waals surface area contributed by atoms with Gasteiger partial charge in [0.15, 0.2) is 0 Å². The van der Waals surface area contributed by atoms with Gasteiger partial charge in [-0.15, -0.1) is 0 Å². The summed E-state index contributed by atoms with van der Waals surface area (Å²) in [7, 11) is 0. The van der Waals surface area contributed by atoms with Crippen molar-refractivity contribution in [1.29, 1.82) is 0 Å². The number of aromatic nitrogens is 2. The van der Waals surface area contributed by atoms with Crippen molar-refractivity contribution in [3.63, 3.8) is 0 Å². The zero-order valence-corrected chi connectivity index (χ0v) is 12.7. The minimum atomic E-state index is 0.385. The number of rotatable bonds is 5. The van der Waals surface area contributed by atoms with E-state index >= 15 is 0 Å². The second-order valence-electron chi connectivity index (χ2n) is 6.31. The second-order valence-corrected chi connectivity index (χ2v) is 6.31. The van der Waals surface area contributed by atoms with Crippen molar-refractivity contribution in [2.75, 3.05) is 0 Å². The van der Waals surface area contributed by atoms with Crippen LogP contribution in [0.25, 0.3) is 0 Å². The van der Waals surface area contributed by atoms with Crippen LogP contribution < -0.4 is 5.32 Å². The average Bonchev–Trinajstić information content (AvgIpc) is 2.82. The molecule has 1 heterocycles. The molecule has 0 amide bonds. The van der Waals surface area contributed by atoms with Gasteiger partial charge in [-0.1, -0.05) is 33.6 Å². The highest BCUT2D eigenvalue weighted by atomic mass is 15.0. The van der Waals surface area contributed by atoms with Crippen molar-refractivity contribution in [3.05, 3.63) is 18.2 Å². The van der Waals surface area contributed by atoms with Crippen molar-refractivity contribution in [1.82, 2.24) is 15.3 Å². The Hall–Kier alpha value is -0.830. The third-order valence-corrected chi connectivity index (χ3v) is 4.65. The van der Waals surface area contributed by atoms with Gasteiger partial charge in [0.05, 0.1) is 6.04 Å². The van der Waals surface area contributed by atoms with Gasteiger partial charge in [-0.3, -0.25) is 0 Å². The molecular formula is C16H29N3. The molecule has 0 spiro atoms. The van der Waals surface area contributed by atoms with Crippen LogP contribution in [0.4, 0.5) is 0 Å². The Morgan fingerprint density at radius 3 is 2.79 bits per heavy atom. The summed E-state index contributed by atoms with van der Waals surface area (Å²) < 4.78 is 0. The van der Waals surface area contributed by atoms with Gasteiger partial charge in [0.2, 0.25) is 0 Å². The summed E-state index contributed by atoms with van der Waals surface area (Å²) >= 11 is 0. The lowest BCUT2D eigenvalue weighted by Crippen LogP contribution is -2.33. The van der Waals surface area contributed by atoms with E-state index in [0.717, 1.165) is 24.1 Å². The zero-order chi connectivity index (χ0) is 13.7. The summed E-state index contributed by atoms with van der Waals surface area (Å²) in [5, 5.41) is 3.81. The fourth-order valence-electron chi connectivity index (χ4n) is 3.31. The molecule has 108 valence electrons. The maximum atomic E-state index is 4.40. The molecule has 1 aromatic heterocycles. The van der Waals surface area contributed by atoms with Crippen LogP contribution in [-0.4, -0.2) is 16.0 Å². The Kier molecular flexibility index (Phi) is 5.44. The predicted octanol–water partition coefficient (Wildman–Crippen LogP) is 4.06. The Bertz CT molecular complexity index is 345. The van der Waals surface area contributed by atoms with Crippen LogP contribution in [0.2, 0.25) is 0 Å². The van der Waals surface area contributed by atoms with Gasteiger partial charge in [0.25, 0.3) is 0 Å². The molecular weight excluding hydrogens is 234 g/mol. The molecule has 3 unspecified atom stereocenters. The van der Waals surface area contributed by atoms with Gasteiger partial charge in [0.1, 0.15) is 5.82 Å². The lowest BCUT2D eigenvalue weighted by atomic mass is 9.89. The third-order valence-electron chi connectivity index (χ3n) is 4.65. The number of hydrogen-bond acceptors (Lipinski definition) is 2. The van der Waals surface area contributed by atoms with Crippen molar-refractivity contribution < 1.29 is 0 Å².